The number of hydrogen-bond acceptors (Lipinski definition) is 3. The lowest BCUT2D eigenvalue weighted by molar-refractivity contribution is -0.131. The summed E-state index contributed by atoms with van der Waals surface area (Å²) in [5.74, 6) is 1.04. The van der Waals surface area contributed by atoms with Crippen molar-refractivity contribution >= 4 is 47.4 Å². The molecule has 0 radical (unpaired) electrons. The summed E-state index contributed by atoms with van der Waals surface area (Å²) in [4.78, 5) is 33.2. The van der Waals surface area contributed by atoms with Crippen molar-refractivity contribution in [3.05, 3.63) is 29.8 Å². The molecular weight excluding hydrogens is 505 g/mol. The molecule has 1 fully saturated rings. The quantitative estimate of drug-likeness (QED) is 0.283. The summed E-state index contributed by atoms with van der Waals surface area (Å²) in [7, 11) is 1.88. The van der Waals surface area contributed by atoms with Crippen LogP contribution in [0.1, 0.15) is 52.0 Å². The molecule has 0 spiro atoms. The van der Waals surface area contributed by atoms with Crippen LogP contribution in [-0.2, 0) is 16.1 Å². The molecule has 0 unspecified atom stereocenters. The average Bonchev–Trinajstić information content (AvgIpc) is 3.27. The van der Waals surface area contributed by atoms with Crippen LogP contribution in [0.15, 0.2) is 29.3 Å². The Labute approximate surface area is 204 Å². The number of guanidine groups is 1. The lowest BCUT2D eigenvalue weighted by Crippen LogP contribution is -2.45. The fourth-order valence-electron chi connectivity index (χ4n) is 3.77. The van der Waals surface area contributed by atoms with Gasteiger partial charge in [0.05, 0.1) is 13.1 Å². The Morgan fingerprint density at radius 1 is 1.13 bits per heavy atom. The Kier molecular flexibility index (Phi) is 12.5. The van der Waals surface area contributed by atoms with E-state index in [1.54, 1.807) is 0 Å². The molecule has 0 aromatic heterocycles. The first-order chi connectivity index (χ1) is 14.5. The molecule has 2 N–H and O–H groups in total. The van der Waals surface area contributed by atoms with Crippen LogP contribution in [0.2, 0.25) is 0 Å². The number of nitrogens with zero attached hydrogens (tertiary/aromatic N) is 3. The van der Waals surface area contributed by atoms with Crippen LogP contribution in [-0.4, -0.2) is 60.8 Å². The van der Waals surface area contributed by atoms with E-state index in [2.05, 4.69) is 10.6 Å². The van der Waals surface area contributed by atoms with Crippen molar-refractivity contribution in [1.82, 2.24) is 15.1 Å². The van der Waals surface area contributed by atoms with Gasteiger partial charge >= 0.3 is 0 Å². The van der Waals surface area contributed by atoms with Crippen LogP contribution in [0.5, 0.6) is 0 Å². The van der Waals surface area contributed by atoms with E-state index in [0.29, 0.717) is 25.6 Å². The van der Waals surface area contributed by atoms with Gasteiger partial charge in [0.25, 0.3) is 0 Å². The minimum atomic E-state index is 0. The molecule has 1 saturated carbocycles. The Hall–Kier alpha value is -1.84. The van der Waals surface area contributed by atoms with Crippen molar-refractivity contribution in [2.75, 3.05) is 38.5 Å². The van der Waals surface area contributed by atoms with Gasteiger partial charge in [0.15, 0.2) is 5.96 Å². The zero-order valence-corrected chi connectivity index (χ0v) is 21.6. The topological polar surface area (TPSA) is 77.0 Å². The van der Waals surface area contributed by atoms with Crippen molar-refractivity contribution < 1.29 is 9.59 Å². The van der Waals surface area contributed by atoms with Crippen molar-refractivity contribution in [2.45, 2.75) is 53.0 Å². The van der Waals surface area contributed by atoms with E-state index in [1.807, 2.05) is 61.9 Å². The van der Waals surface area contributed by atoms with Crippen LogP contribution < -0.4 is 10.6 Å². The number of aliphatic imine (C=N–C) groups is 1. The van der Waals surface area contributed by atoms with Crippen molar-refractivity contribution in [3.63, 3.8) is 0 Å². The monoisotopic (exact) mass is 543 g/mol. The van der Waals surface area contributed by atoms with Crippen LogP contribution >= 0.6 is 24.0 Å². The predicted octanol–water partition coefficient (Wildman–Crippen LogP) is 3.70. The highest BCUT2D eigenvalue weighted by molar-refractivity contribution is 14.0. The third-order valence-electron chi connectivity index (χ3n) is 5.52. The molecule has 0 heterocycles. The molecule has 174 valence electrons. The fraction of sp³-hybridized carbons (Fsp3) is 0.609. The second-order valence-corrected chi connectivity index (χ2v) is 7.76. The number of halogens is 1. The van der Waals surface area contributed by atoms with Crippen molar-refractivity contribution in [3.8, 4) is 0 Å². The van der Waals surface area contributed by atoms with E-state index in [4.69, 9.17) is 4.99 Å². The number of carbonyl (C=O) groups is 2. The number of amides is 2. The van der Waals surface area contributed by atoms with Crippen molar-refractivity contribution in [1.29, 1.82) is 0 Å². The Morgan fingerprint density at radius 2 is 1.81 bits per heavy atom. The third-order valence-corrected chi connectivity index (χ3v) is 5.52. The van der Waals surface area contributed by atoms with Gasteiger partial charge in [0, 0.05) is 38.3 Å². The number of benzene rings is 1. The van der Waals surface area contributed by atoms with Gasteiger partial charge < -0.3 is 20.4 Å². The summed E-state index contributed by atoms with van der Waals surface area (Å²) >= 11 is 0. The van der Waals surface area contributed by atoms with Gasteiger partial charge in [-0.05, 0) is 51.3 Å². The van der Waals surface area contributed by atoms with Crippen LogP contribution in [0.25, 0.3) is 0 Å². The largest absolute Gasteiger partial charge is 0.357 e. The van der Waals surface area contributed by atoms with Gasteiger partial charge in [-0.25, -0.2) is 4.99 Å². The minimum absolute atomic E-state index is 0. The third kappa shape index (κ3) is 8.66. The summed E-state index contributed by atoms with van der Waals surface area (Å²) < 4.78 is 0. The summed E-state index contributed by atoms with van der Waals surface area (Å²) in [6.45, 7) is 8.87. The lowest BCUT2D eigenvalue weighted by atomic mass is 10.1. The van der Waals surface area contributed by atoms with Gasteiger partial charge in [-0.15, -0.1) is 24.0 Å². The molecule has 1 aliphatic carbocycles. The summed E-state index contributed by atoms with van der Waals surface area (Å²) in [5, 5.41) is 6.30. The zero-order chi connectivity index (χ0) is 21.9. The summed E-state index contributed by atoms with van der Waals surface area (Å²) in [6.07, 6.45) is 4.26. The van der Waals surface area contributed by atoms with Crippen LogP contribution in [0.4, 0.5) is 5.69 Å². The first kappa shape index (κ1) is 27.2. The molecule has 0 atom stereocenters. The molecule has 0 saturated heterocycles. The Balaban J connectivity index is 0.00000480. The number of rotatable bonds is 9. The van der Waals surface area contributed by atoms with Crippen LogP contribution in [0.3, 0.4) is 0 Å². The second kappa shape index (κ2) is 14.3. The first-order valence-electron chi connectivity index (χ1n) is 11.1. The molecule has 7 nitrogen and oxygen atoms in total. The molecular formula is C23H38IN5O2. The van der Waals surface area contributed by atoms with Crippen LogP contribution in [0, 0.1) is 5.92 Å². The molecule has 31 heavy (non-hydrogen) atoms. The van der Waals surface area contributed by atoms with E-state index in [-0.39, 0.29) is 48.3 Å². The maximum absolute atomic E-state index is 12.4. The summed E-state index contributed by atoms with van der Waals surface area (Å²) in [6, 6.07) is 7.83. The highest BCUT2D eigenvalue weighted by Crippen LogP contribution is 2.26. The molecule has 8 heteroatoms. The molecule has 2 amide bonds. The maximum Gasteiger partial charge on any atom is 0.242 e. The standard InChI is InChI=1S/C23H37N5O2.HI/c1-5-24-23(27(4)17-21(29)28(6-2)7-3)25-16-18-11-10-14-20(15-18)26-22(30)19-12-8-9-13-19;/h10-11,14-15,19H,5-9,12-13,16-17H2,1-4H3,(H,24,25)(H,26,30);1H. The maximum atomic E-state index is 12.4. The Bertz CT molecular complexity index is 730. The fourth-order valence-corrected chi connectivity index (χ4v) is 3.77. The van der Waals surface area contributed by atoms with E-state index in [0.717, 1.165) is 43.5 Å². The van der Waals surface area contributed by atoms with Crippen molar-refractivity contribution in [2.24, 2.45) is 10.9 Å². The molecule has 1 aromatic carbocycles. The molecule has 2 rings (SSSR count). The zero-order valence-electron chi connectivity index (χ0n) is 19.3. The molecule has 1 aromatic rings. The smallest absolute Gasteiger partial charge is 0.242 e. The van der Waals surface area contributed by atoms with Gasteiger partial charge in [0.2, 0.25) is 11.8 Å². The average molecular weight is 543 g/mol. The highest BCUT2D eigenvalue weighted by Gasteiger charge is 2.22. The van der Waals surface area contributed by atoms with E-state index in [1.165, 1.54) is 0 Å². The predicted molar refractivity (Wildman–Crippen MR) is 138 cm³/mol. The van der Waals surface area contributed by atoms with E-state index in [9.17, 15) is 9.59 Å². The SMILES string of the molecule is CCNC(=NCc1cccc(NC(=O)C2CCCC2)c1)N(C)CC(=O)N(CC)CC.I. The highest BCUT2D eigenvalue weighted by atomic mass is 127. The minimum Gasteiger partial charge on any atom is -0.357 e. The number of carbonyl (C=O) groups excluding carboxylic acids is 2. The van der Waals surface area contributed by atoms with E-state index < -0.39 is 0 Å². The van der Waals surface area contributed by atoms with Gasteiger partial charge in [-0.1, -0.05) is 25.0 Å². The lowest BCUT2D eigenvalue weighted by Gasteiger charge is -2.25. The van der Waals surface area contributed by atoms with Gasteiger partial charge in [-0.2, -0.15) is 0 Å². The number of hydrogen-bond donors (Lipinski definition) is 2. The molecule has 0 bridgehead atoms. The Morgan fingerprint density at radius 3 is 2.42 bits per heavy atom. The second-order valence-electron chi connectivity index (χ2n) is 7.76. The van der Waals surface area contributed by atoms with Gasteiger partial charge in [-0.3, -0.25) is 9.59 Å². The first-order valence-corrected chi connectivity index (χ1v) is 11.1. The normalized spacial score (nSPS) is 14.0. The number of nitrogens with one attached hydrogen (secondary N) is 2. The molecule has 0 aliphatic heterocycles. The van der Waals surface area contributed by atoms with Gasteiger partial charge in [0.1, 0.15) is 0 Å². The number of likely N-dealkylation sites (N-methyl/N-ethyl adjacent to an activating group) is 2. The molecule has 1 aliphatic rings. The van der Waals surface area contributed by atoms with E-state index >= 15 is 0 Å². The number of anilines is 1. The summed E-state index contributed by atoms with van der Waals surface area (Å²) in [5.41, 5.74) is 1.83.